The van der Waals surface area contributed by atoms with Gasteiger partial charge < -0.3 is 25.2 Å². The molecule has 2 atom stereocenters. The van der Waals surface area contributed by atoms with Gasteiger partial charge in [-0.05, 0) is 37.6 Å². The third-order valence-corrected chi connectivity index (χ3v) is 8.44. The van der Waals surface area contributed by atoms with Crippen LogP contribution < -0.4 is 15.8 Å². The molecule has 204 valence electrons. The third-order valence-electron chi connectivity index (χ3n) is 8.44. The van der Waals surface area contributed by atoms with Gasteiger partial charge in [0, 0.05) is 67.8 Å². The number of anilines is 2. The fraction of sp³-hybridized carbons (Fsp3) is 0.276. The number of aromatic amines is 1. The minimum atomic E-state index is -1.31. The maximum absolute atomic E-state index is 15.6. The number of nitrogens with zero attached hydrogens (tertiary/aromatic N) is 4. The van der Waals surface area contributed by atoms with Crippen LogP contribution in [0.2, 0.25) is 0 Å². The molecule has 0 unspecified atom stereocenters. The number of hydrogen-bond donors (Lipinski definition) is 3. The average Bonchev–Trinajstić information content (AvgIpc) is 3.62. The lowest BCUT2D eigenvalue weighted by atomic mass is 10.00. The van der Waals surface area contributed by atoms with E-state index < -0.39 is 23.2 Å². The number of aromatic carboxylic acids is 1. The summed E-state index contributed by atoms with van der Waals surface area (Å²) in [5.41, 5.74) is 2.77. The standard InChI is InChI=1S/C29H26F2N6O3/c1-32-20-9-19(30)24(31)22-23-26(36-8-7-15-11-35(2)13-21(15)36)18(10-33-27(23)34-25(20)22)14-3-4-16-5-6-17(29(39)40)28(38)37(16)12-14/h3-6,9-10,12,15,21,32H,7-8,11,13H2,1-2H3,(H,33,34)(H,39,40)/t15-,21+/m1/s1. The maximum atomic E-state index is 15.6. The molecule has 4 aromatic heterocycles. The van der Waals surface area contributed by atoms with Gasteiger partial charge >= 0.3 is 5.97 Å². The van der Waals surface area contributed by atoms with Crippen molar-refractivity contribution in [3.63, 3.8) is 0 Å². The topological polar surface area (TPSA) is 106 Å². The Morgan fingerprint density at radius 3 is 2.75 bits per heavy atom. The summed E-state index contributed by atoms with van der Waals surface area (Å²) in [5, 5.41) is 13.0. The van der Waals surface area contributed by atoms with Crippen LogP contribution >= 0.6 is 0 Å². The lowest BCUT2D eigenvalue weighted by Crippen LogP contribution is -2.35. The average molecular weight is 545 g/mol. The highest BCUT2D eigenvalue weighted by atomic mass is 19.2. The number of H-pyrrole nitrogens is 1. The molecule has 0 bridgehead atoms. The van der Waals surface area contributed by atoms with E-state index in [4.69, 9.17) is 0 Å². The fourth-order valence-electron chi connectivity index (χ4n) is 6.61. The first-order valence-corrected chi connectivity index (χ1v) is 13.1. The molecular formula is C29H26F2N6O3. The van der Waals surface area contributed by atoms with Gasteiger partial charge in [0.1, 0.15) is 11.2 Å². The van der Waals surface area contributed by atoms with Crippen molar-refractivity contribution in [2.45, 2.75) is 12.5 Å². The number of rotatable bonds is 4. The third kappa shape index (κ3) is 3.43. The van der Waals surface area contributed by atoms with Crippen molar-refractivity contribution < 1.29 is 18.7 Å². The summed E-state index contributed by atoms with van der Waals surface area (Å²) in [6.45, 7) is 2.51. The Morgan fingerprint density at radius 1 is 1.18 bits per heavy atom. The SMILES string of the molecule is CNc1cc(F)c(F)c2c1[nH]c1ncc(-c3ccc4ccc(C(=O)O)c(=O)n4c3)c(N3CC[C@@H]4CN(C)C[C@@H]43)c12. The van der Waals surface area contributed by atoms with Gasteiger partial charge in [0.15, 0.2) is 11.6 Å². The van der Waals surface area contributed by atoms with Crippen LogP contribution in [0.1, 0.15) is 16.8 Å². The molecule has 0 spiro atoms. The monoisotopic (exact) mass is 544 g/mol. The van der Waals surface area contributed by atoms with Gasteiger partial charge in [0.05, 0.1) is 27.7 Å². The molecule has 2 aliphatic heterocycles. The van der Waals surface area contributed by atoms with Crippen molar-refractivity contribution in [2.75, 3.05) is 43.9 Å². The number of nitrogens with one attached hydrogen (secondary N) is 2. The van der Waals surface area contributed by atoms with Gasteiger partial charge in [0.25, 0.3) is 5.56 Å². The summed E-state index contributed by atoms with van der Waals surface area (Å²) in [7, 11) is 3.73. The molecule has 7 rings (SSSR count). The minimum Gasteiger partial charge on any atom is -0.477 e. The number of likely N-dealkylation sites (N-methyl/N-ethyl adjacent to an activating group) is 1. The number of likely N-dealkylation sites (tertiary alicyclic amines) is 1. The van der Waals surface area contributed by atoms with Gasteiger partial charge in [-0.3, -0.25) is 9.20 Å². The molecule has 11 heteroatoms. The molecule has 0 radical (unpaired) electrons. The normalized spacial score (nSPS) is 19.2. The highest BCUT2D eigenvalue weighted by Gasteiger charge is 2.42. The van der Waals surface area contributed by atoms with Crippen molar-refractivity contribution in [1.82, 2.24) is 19.3 Å². The fourth-order valence-corrected chi connectivity index (χ4v) is 6.61. The van der Waals surface area contributed by atoms with Gasteiger partial charge in [-0.25, -0.2) is 18.6 Å². The molecule has 2 saturated heterocycles. The Labute approximate surface area is 226 Å². The second kappa shape index (κ2) is 8.75. The number of aromatic nitrogens is 3. The van der Waals surface area contributed by atoms with Crippen molar-refractivity contribution >= 4 is 44.8 Å². The first-order valence-electron chi connectivity index (χ1n) is 13.1. The van der Waals surface area contributed by atoms with Crippen LogP contribution in [-0.2, 0) is 0 Å². The molecule has 0 amide bonds. The predicted molar refractivity (Wildman–Crippen MR) is 149 cm³/mol. The highest BCUT2D eigenvalue weighted by Crippen LogP contribution is 2.46. The number of halogens is 2. The number of hydrogen-bond acceptors (Lipinski definition) is 6. The van der Waals surface area contributed by atoms with Crippen molar-refractivity contribution in [3.8, 4) is 11.1 Å². The number of carboxylic acids is 1. The molecule has 5 aromatic rings. The zero-order valence-electron chi connectivity index (χ0n) is 21.8. The lowest BCUT2D eigenvalue weighted by molar-refractivity contribution is 0.0694. The smallest absolute Gasteiger partial charge is 0.341 e. The van der Waals surface area contributed by atoms with E-state index in [0.29, 0.717) is 50.5 Å². The van der Waals surface area contributed by atoms with Crippen LogP contribution in [0.15, 0.2) is 47.5 Å². The number of benzene rings is 1. The van der Waals surface area contributed by atoms with Gasteiger partial charge in [-0.1, -0.05) is 6.07 Å². The van der Waals surface area contributed by atoms with Crippen LogP contribution in [0.4, 0.5) is 20.2 Å². The van der Waals surface area contributed by atoms with Gasteiger partial charge in [-0.15, -0.1) is 0 Å². The summed E-state index contributed by atoms with van der Waals surface area (Å²) < 4.78 is 31.8. The van der Waals surface area contributed by atoms with E-state index in [2.05, 4.69) is 32.1 Å². The second-order valence-electron chi connectivity index (χ2n) is 10.7. The van der Waals surface area contributed by atoms with Crippen LogP contribution in [0.25, 0.3) is 38.6 Å². The summed E-state index contributed by atoms with van der Waals surface area (Å²) in [6.07, 6.45) is 4.23. The van der Waals surface area contributed by atoms with E-state index in [1.807, 2.05) is 6.07 Å². The van der Waals surface area contributed by atoms with Gasteiger partial charge in [-0.2, -0.15) is 0 Å². The number of carbonyl (C=O) groups is 1. The molecule has 1 aromatic carbocycles. The zero-order valence-corrected chi connectivity index (χ0v) is 21.8. The first kappa shape index (κ1) is 24.5. The minimum absolute atomic E-state index is 0.115. The molecule has 40 heavy (non-hydrogen) atoms. The maximum Gasteiger partial charge on any atom is 0.341 e. The summed E-state index contributed by atoms with van der Waals surface area (Å²) >= 11 is 0. The highest BCUT2D eigenvalue weighted by molar-refractivity contribution is 6.18. The Kier molecular flexibility index (Phi) is 5.36. The number of pyridine rings is 3. The lowest BCUT2D eigenvalue weighted by Gasteiger charge is -2.29. The van der Waals surface area contributed by atoms with Crippen molar-refractivity contribution in [3.05, 3.63) is 70.3 Å². The molecule has 0 aliphatic carbocycles. The molecular weight excluding hydrogens is 518 g/mol. The quantitative estimate of drug-likeness (QED) is 0.312. The number of fused-ring (bicyclic) bond motifs is 5. The molecule has 2 aliphatic rings. The molecule has 0 saturated carbocycles. The Balaban J connectivity index is 1.57. The first-order chi connectivity index (χ1) is 19.3. The van der Waals surface area contributed by atoms with Gasteiger partial charge in [0.2, 0.25) is 0 Å². The van der Waals surface area contributed by atoms with E-state index in [-0.39, 0.29) is 17.0 Å². The van der Waals surface area contributed by atoms with E-state index in [9.17, 15) is 19.1 Å². The summed E-state index contributed by atoms with van der Waals surface area (Å²) in [5.74, 6) is -2.80. The second-order valence-corrected chi connectivity index (χ2v) is 10.7. The van der Waals surface area contributed by atoms with Crippen molar-refractivity contribution in [2.24, 2.45) is 5.92 Å². The summed E-state index contributed by atoms with van der Waals surface area (Å²) in [6, 6.07) is 7.74. The molecule has 3 N–H and O–H groups in total. The van der Waals surface area contributed by atoms with Crippen molar-refractivity contribution in [1.29, 1.82) is 0 Å². The predicted octanol–water partition coefficient (Wildman–Crippen LogP) is 4.15. The summed E-state index contributed by atoms with van der Waals surface area (Å²) in [4.78, 5) is 37.0. The zero-order chi connectivity index (χ0) is 27.9. The molecule has 6 heterocycles. The van der Waals surface area contributed by atoms with Crippen LogP contribution in [-0.4, -0.2) is 70.1 Å². The molecule has 9 nitrogen and oxygen atoms in total. The largest absolute Gasteiger partial charge is 0.477 e. The molecule has 2 fully saturated rings. The van der Waals surface area contributed by atoms with Crippen LogP contribution in [0, 0.1) is 17.6 Å². The van der Waals surface area contributed by atoms with Crippen LogP contribution in [0.3, 0.4) is 0 Å². The number of carboxylic acid groups (broad SMARTS) is 1. The Morgan fingerprint density at radius 2 is 1.98 bits per heavy atom. The Hall–Kier alpha value is -4.51. The Bertz CT molecular complexity index is 1930. The van der Waals surface area contributed by atoms with E-state index >= 15 is 4.39 Å². The van der Waals surface area contributed by atoms with E-state index in [1.165, 1.54) is 10.5 Å². The van der Waals surface area contributed by atoms with E-state index in [0.717, 1.165) is 32.1 Å². The van der Waals surface area contributed by atoms with E-state index in [1.54, 1.807) is 31.6 Å². The van der Waals surface area contributed by atoms with Crippen LogP contribution in [0.5, 0.6) is 0 Å².